The Morgan fingerprint density at radius 2 is 1.94 bits per heavy atom. The van der Waals surface area contributed by atoms with Crippen LogP contribution in [-0.2, 0) is 17.7 Å². The Labute approximate surface area is 107 Å². The van der Waals surface area contributed by atoms with E-state index in [-0.39, 0.29) is 0 Å². The van der Waals surface area contributed by atoms with Crippen molar-refractivity contribution in [2.45, 2.75) is 32.1 Å². The molecule has 1 aromatic carbocycles. The van der Waals surface area contributed by atoms with Crippen LogP contribution in [0.15, 0.2) is 24.3 Å². The van der Waals surface area contributed by atoms with Crippen molar-refractivity contribution in [3.05, 3.63) is 35.5 Å². The standard InChI is InChI=1S/C15H18N2O/c1-18-17-15-11-7-3-2-4-9-13(11)16-14-10-6-5-8-12(14)15/h5-6,8,10H,2-4,7,9H2,1H3,(H,16,17). The van der Waals surface area contributed by atoms with Crippen LogP contribution < -0.4 is 5.48 Å². The third kappa shape index (κ3) is 1.95. The highest BCUT2D eigenvalue weighted by molar-refractivity contribution is 5.93. The lowest BCUT2D eigenvalue weighted by Gasteiger charge is -2.15. The Balaban J connectivity index is 2.25. The van der Waals surface area contributed by atoms with Crippen LogP contribution in [0, 0.1) is 0 Å². The fourth-order valence-electron chi connectivity index (χ4n) is 2.77. The summed E-state index contributed by atoms with van der Waals surface area (Å²) in [5.41, 5.74) is 7.81. The number of nitrogens with zero attached hydrogens (tertiary/aromatic N) is 1. The molecule has 94 valence electrons. The van der Waals surface area contributed by atoms with Gasteiger partial charge in [-0.3, -0.25) is 15.3 Å². The zero-order chi connectivity index (χ0) is 12.4. The summed E-state index contributed by atoms with van der Waals surface area (Å²) >= 11 is 0. The molecule has 0 aliphatic heterocycles. The first kappa shape index (κ1) is 11.5. The number of para-hydroxylation sites is 1. The van der Waals surface area contributed by atoms with E-state index in [1.165, 1.54) is 30.5 Å². The largest absolute Gasteiger partial charge is 0.279 e. The lowest BCUT2D eigenvalue weighted by atomic mass is 10.0. The molecule has 1 aromatic heterocycles. The van der Waals surface area contributed by atoms with E-state index in [1.807, 2.05) is 12.1 Å². The SMILES string of the molecule is CONc1c2c(nc3ccccc13)CCCCC2. The first-order chi connectivity index (χ1) is 8.90. The third-order valence-electron chi connectivity index (χ3n) is 3.62. The lowest BCUT2D eigenvalue weighted by molar-refractivity contribution is 0.271. The highest BCUT2D eigenvalue weighted by Gasteiger charge is 2.16. The van der Waals surface area contributed by atoms with Crippen molar-refractivity contribution in [3.63, 3.8) is 0 Å². The van der Waals surface area contributed by atoms with Crippen molar-refractivity contribution in [1.82, 2.24) is 4.98 Å². The van der Waals surface area contributed by atoms with Gasteiger partial charge in [0.25, 0.3) is 0 Å². The lowest BCUT2D eigenvalue weighted by Crippen LogP contribution is -2.05. The molecule has 0 radical (unpaired) electrons. The fraction of sp³-hybridized carbons (Fsp3) is 0.400. The van der Waals surface area contributed by atoms with Gasteiger partial charge in [0.05, 0.1) is 18.3 Å². The zero-order valence-electron chi connectivity index (χ0n) is 10.7. The van der Waals surface area contributed by atoms with Gasteiger partial charge in [0.15, 0.2) is 0 Å². The molecule has 1 heterocycles. The molecule has 0 saturated heterocycles. The van der Waals surface area contributed by atoms with Gasteiger partial charge in [-0.25, -0.2) is 0 Å². The molecule has 3 rings (SSSR count). The van der Waals surface area contributed by atoms with Crippen LogP contribution in [0.4, 0.5) is 5.69 Å². The van der Waals surface area contributed by atoms with Gasteiger partial charge >= 0.3 is 0 Å². The van der Waals surface area contributed by atoms with E-state index < -0.39 is 0 Å². The summed E-state index contributed by atoms with van der Waals surface area (Å²) in [5.74, 6) is 0. The molecular weight excluding hydrogens is 224 g/mol. The van der Waals surface area contributed by atoms with Gasteiger partial charge in [0, 0.05) is 11.1 Å². The second kappa shape index (κ2) is 4.94. The maximum absolute atomic E-state index is 5.17. The molecule has 3 nitrogen and oxygen atoms in total. The predicted octanol–water partition coefficient (Wildman–Crippen LogP) is 3.48. The number of fused-ring (bicyclic) bond motifs is 2. The van der Waals surface area contributed by atoms with Gasteiger partial charge in [-0.2, -0.15) is 0 Å². The topological polar surface area (TPSA) is 34.1 Å². The number of aromatic nitrogens is 1. The molecule has 2 aromatic rings. The number of nitrogens with one attached hydrogen (secondary N) is 1. The molecule has 1 N–H and O–H groups in total. The average Bonchev–Trinajstić information content (AvgIpc) is 2.64. The maximum atomic E-state index is 5.17. The van der Waals surface area contributed by atoms with Crippen LogP contribution in [0.3, 0.4) is 0 Å². The van der Waals surface area contributed by atoms with E-state index in [1.54, 1.807) is 7.11 Å². The minimum atomic E-state index is 1.05. The monoisotopic (exact) mass is 242 g/mol. The Morgan fingerprint density at radius 3 is 2.83 bits per heavy atom. The quantitative estimate of drug-likeness (QED) is 0.646. The van der Waals surface area contributed by atoms with Crippen molar-refractivity contribution >= 4 is 16.6 Å². The highest BCUT2D eigenvalue weighted by atomic mass is 16.6. The van der Waals surface area contributed by atoms with Crippen molar-refractivity contribution in [2.75, 3.05) is 12.6 Å². The summed E-state index contributed by atoms with van der Waals surface area (Å²) in [6, 6.07) is 8.26. The number of hydrogen-bond donors (Lipinski definition) is 1. The number of anilines is 1. The number of hydrogen-bond acceptors (Lipinski definition) is 3. The minimum Gasteiger partial charge on any atom is -0.279 e. The van der Waals surface area contributed by atoms with Crippen LogP contribution >= 0.6 is 0 Å². The summed E-state index contributed by atoms with van der Waals surface area (Å²) in [6.07, 6.45) is 5.95. The van der Waals surface area contributed by atoms with Crippen LogP contribution in [0.1, 0.15) is 30.5 Å². The molecule has 0 amide bonds. The Kier molecular flexibility index (Phi) is 3.15. The molecule has 0 bridgehead atoms. The Bertz CT molecular complexity index is 566. The van der Waals surface area contributed by atoms with Crippen molar-refractivity contribution in [3.8, 4) is 0 Å². The van der Waals surface area contributed by atoms with Crippen molar-refractivity contribution < 1.29 is 4.84 Å². The van der Waals surface area contributed by atoms with Crippen LogP contribution in [0.25, 0.3) is 10.9 Å². The molecular formula is C15H18N2O. The molecule has 0 saturated carbocycles. The van der Waals surface area contributed by atoms with E-state index >= 15 is 0 Å². The first-order valence-corrected chi connectivity index (χ1v) is 6.59. The summed E-state index contributed by atoms with van der Waals surface area (Å²) in [6.45, 7) is 0. The van der Waals surface area contributed by atoms with Gasteiger partial charge < -0.3 is 0 Å². The summed E-state index contributed by atoms with van der Waals surface area (Å²) in [5, 5.41) is 1.15. The van der Waals surface area contributed by atoms with E-state index in [2.05, 4.69) is 17.6 Å². The molecule has 3 heteroatoms. The van der Waals surface area contributed by atoms with Gasteiger partial charge in [0.2, 0.25) is 0 Å². The van der Waals surface area contributed by atoms with Crippen LogP contribution in [0.5, 0.6) is 0 Å². The minimum absolute atomic E-state index is 1.05. The molecule has 0 atom stereocenters. The maximum Gasteiger partial charge on any atom is 0.0748 e. The van der Waals surface area contributed by atoms with Crippen LogP contribution in [-0.4, -0.2) is 12.1 Å². The number of pyridine rings is 1. The number of benzene rings is 1. The van der Waals surface area contributed by atoms with E-state index in [0.717, 1.165) is 29.4 Å². The molecule has 1 aliphatic carbocycles. The van der Waals surface area contributed by atoms with Crippen molar-refractivity contribution in [2.24, 2.45) is 0 Å². The van der Waals surface area contributed by atoms with Gasteiger partial charge in [-0.1, -0.05) is 24.6 Å². The highest BCUT2D eigenvalue weighted by Crippen LogP contribution is 2.32. The Hall–Kier alpha value is -1.61. The predicted molar refractivity (Wildman–Crippen MR) is 73.6 cm³/mol. The molecule has 18 heavy (non-hydrogen) atoms. The summed E-state index contributed by atoms with van der Waals surface area (Å²) in [4.78, 5) is 9.99. The molecule has 1 aliphatic rings. The van der Waals surface area contributed by atoms with E-state index in [0.29, 0.717) is 0 Å². The van der Waals surface area contributed by atoms with Gasteiger partial charge in [-0.15, -0.1) is 0 Å². The summed E-state index contributed by atoms with van der Waals surface area (Å²) in [7, 11) is 1.66. The molecule has 0 fully saturated rings. The fourth-order valence-corrected chi connectivity index (χ4v) is 2.77. The molecule has 0 unspecified atom stereocenters. The van der Waals surface area contributed by atoms with Gasteiger partial charge in [0.1, 0.15) is 0 Å². The van der Waals surface area contributed by atoms with Crippen LogP contribution in [0.2, 0.25) is 0 Å². The van der Waals surface area contributed by atoms with Gasteiger partial charge in [-0.05, 0) is 37.3 Å². The summed E-state index contributed by atoms with van der Waals surface area (Å²) < 4.78 is 0. The average molecular weight is 242 g/mol. The molecule has 0 spiro atoms. The second-order valence-electron chi connectivity index (χ2n) is 4.80. The number of rotatable bonds is 2. The third-order valence-corrected chi connectivity index (χ3v) is 3.62. The van der Waals surface area contributed by atoms with Crippen molar-refractivity contribution in [1.29, 1.82) is 0 Å². The first-order valence-electron chi connectivity index (χ1n) is 6.59. The van der Waals surface area contributed by atoms with E-state index in [9.17, 15) is 0 Å². The number of aryl methyl sites for hydroxylation is 1. The Morgan fingerprint density at radius 1 is 1.11 bits per heavy atom. The smallest absolute Gasteiger partial charge is 0.0748 e. The van der Waals surface area contributed by atoms with E-state index in [4.69, 9.17) is 9.82 Å². The normalized spacial score (nSPS) is 15.2. The zero-order valence-corrected chi connectivity index (χ0v) is 10.7. The second-order valence-corrected chi connectivity index (χ2v) is 4.80.